The van der Waals surface area contributed by atoms with Crippen LogP contribution in [0.15, 0.2) is 24.3 Å². The Balaban J connectivity index is 2.02. The number of amides is 3. The first-order valence-electron chi connectivity index (χ1n) is 12.4. The number of ether oxygens (including phenoxy) is 1. The molecule has 0 aromatic heterocycles. The number of carbonyl (C=O) groups is 3. The molecule has 188 valence electrons. The summed E-state index contributed by atoms with van der Waals surface area (Å²) in [5.74, 6) is -0.679. The Labute approximate surface area is 203 Å². The highest BCUT2D eigenvalue weighted by atomic mass is 16.6. The van der Waals surface area contributed by atoms with E-state index < -0.39 is 29.1 Å². The number of fused-ring (bicyclic) bond motifs is 1. The van der Waals surface area contributed by atoms with Crippen LogP contribution in [-0.2, 0) is 14.3 Å². The predicted molar refractivity (Wildman–Crippen MR) is 134 cm³/mol. The Morgan fingerprint density at radius 1 is 0.941 bits per heavy atom. The van der Waals surface area contributed by atoms with Crippen molar-refractivity contribution in [2.24, 2.45) is 5.41 Å². The number of benzene rings is 1. The number of rotatable bonds is 3. The van der Waals surface area contributed by atoms with Crippen LogP contribution in [0.4, 0.5) is 16.2 Å². The first-order chi connectivity index (χ1) is 15.9. The second-order valence-electron chi connectivity index (χ2n) is 11.3. The fourth-order valence-corrected chi connectivity index (χ4v) is 4.40. The van der Waals surface area contributed by atoms with Crippen LogP contribution < -0.4 is 20.7 Å². The molecule has 1 unspecified atom stereocenters. The Bertz CT molecular complexity index is 895. The molecule has 0 spiro atoms. The van der Waals surface area contributed by atoms with Crippen molar-refractivity contribution in [1.82, 2.24) is 10.7 Å². The lowest BCUT2D eigenvalue weighted by Crippen LogP contribution is -2.58. The molecule has 1 aliphatic heterocycles. The molecule has 1 fully saturated rings. The van der Waals surface area contributed by atoms with E-state index in [9.17, 15) is 14.4 Å². The van der Waals surface area contributed by atoms with Gasteiger partial charge in [-0.2, -0.15) is 0 Å². The summed E-state index contributed by atoms with van der Waals surface area (Å²) in [5, 5.41) is 4.09. The molecule has 3 rings (SSSR count). The van der Waals surface area contributed by atoms with Crippen LogP contribution in [0.1, 0.15) is 80.1 Å². The standard InChI is InChI=1S/C26H40N4O4/c1-25(2,3)23(32)28-30-21-16-12-11-15-20(21)29(18-13-9-7-8-10-14-18)17-19(22(30)31)27-24(33)34-26(4,5)6/h11-12,15-16,18-19H,7-10,13-14,17H2,1-6H3,(H,27,33)(H,28,32). The summed E-state index contributed by atoms with van der Waals surface area (Å²) in [5.41, 5.74) is 2.92. The summed E-state index contributed by atoms with van der Waals surface area (Å²) >= 11 is 0. The molecule has 2 N–H and O–H groups in total. The van der Waals surface area contributed by atoms with Crippen molar-refractivity contribution >= 4 is 29.3 Å². The Morgan fingerprint density at radius 3 is 2.09 bits per heavy atom. The van der Waals surface area contributed by atoms with E-state index in [0.29, 0.717) is 12.2 Å². The van der Waals surface area contributed by atoms with Gasteiger partial charge in [0.15, 0.2) is 0 Å². The largest absolute Gasteiger partial charge is 0.444 e. The molecule has 1 aromatic carbocycles. The van der Waals surface area contributed by atoms with Gasteiger partial charge in [0.25, 0.3) is 5.91 Å². The molecule has 2 aliphatic rings. The highest BCUT2D eigenvalue weighted by molar-refractivity contribution is 6.05. The van der Waals surface area contributed by atoms with Crippen LogP contribution in [0.5, 0.6) is 0 Å². The number of hydrogen-bond acceptors (Lipinski definition) is 5. The SMILES string of the molecule is CC(C)(C)OC(=O)NC1CN(C2CCCCCC2)c2ccccc2N(NC(=O)C(C)(C)C)C1=O. The molecular weight excluding hydrogens is 432 g/mol. The maximum Gasteiger partial charge on any atom is 0.408 e. The molecule has 8 nitrogen and oxygen atoms in total. The van der Waals surface area contributed by atoms with Crippen LogP contribution in [0.25, 0.3) is 0 Å². The number of hydrogen-bond donors (Lipinski definition) is 2. The van der Waals surface area contributed by atoms with E-state index in [1.165, 1.54) is 17.9 Å². The van der Waals surface area contributed by atoms with Gasteiger partial charge >= 0.3 is 6.09 Å². The van der Waals surface area contributed by atoms with Crippen molar-refractivity contribution < 1.29 is 19.1 Å². The first kappa shape index (κ1) is 25.8. The highest BCUT2D eigenvalue weighted by Crippen LogP contribution is 2.36. The number of hydrazine groups is 1. The van der Waals surface area contributed by atoms with Crippen LogP contribution in [0.2, 0.25) is 0 Å². The lowest BCUT2D eigenvalue weighted by Gasteiger charge is -2.34. The van der Waals surface area contributed by atoms with Crippen molar-refractivity contribution in [1.29, 1.82) is 0 Å². The normalized spacial score (nSPS) is 20.2. The van der Waals surface area contributed by atoms with Gasteiger partial charge < -0.3 is 15.0 Å². The number of anilines is 2. The van der Waals surface area contributed by atoms with E-state index >= 15 is 0 Å². The van der Waals surface area contributed by atoms with Crippen LogP contribution in [0.3, 0.4) is 0 Å². The quantitative estimate of drug-likeness (QED) is 0.631. The average molecular weight is 473 g/mol. The van der Waals surface area contributed by atoms with Crippen LogP contribution in [-0.4, -0.2) is 42.1 Å². The van der Waals surface area contributed by atoms with Crippen LogP contribution in [0, 0.1) is 5.41 Å². The van der Waals surface area contributed by atoms with Gasteiger partial charge in [0.1, 0.15) is 11.6 Å². The monoisotopic (exact) mass is 472 g/mol. The molecule has 0 bridgehead atoms. The van der Waals surface area contributed by atoms with Gasteiger partial charge in [-0.15, -0.1) is 0 Å². The second kappa shape index (κ2) is 10.2. The molecule has 1 aliphatic carbocycles. The predicted octanol–water partition coefficient (Wildman–Crippen LogP) is 4.53. The first-order valence-corrected chi connectivity index (χ1v) is 12.4. The van der Waals surface area contributed by atoms with E-state index in [4.69, 9.17) is 4.74 Å². The van der Waals surface area contributed by atoms with Gasteiger partial charge in [-0.25, -0.2) is 9.80 Å². The molecule has 8 heteroatoms. The third kappa shape index (κ3) is 6.42. The van der Waals surface area contributed by atoms with Gasteiger partial charge in [0.2, 0.25) is 5.91 Å². The zero-order valence-electron chi connectivity index (χ0n) is 21.4. The Kier molecular flexibility index (Phi) is 7.78. The van der Waals surface area contributed by atoms with Gasteiger partial charge in [0.05, 0.1) is 11.4 Å². The van der Waals surface area contributed by atoms with Gasteiger partial charge in [-0.05, 0) is 45.7 Å². The molecule has 1 heterocycles. The molecule has 3 amide bonds. The van der Waals surface area contributed by atoms with Crippen molar-refractivity contribution in [3.8, 4) is 0 Å². The summed E-state index contributed by atoms with van der Waals surface area (Å²) in [6, 6.07) is 6.99. The number of nitrogens with zero attached hydrogens (tertiary/aromatic N) is 2. The summed E-state index contributed by atoms with van der Waals surface area (Å²) in [4.78, 5) is 41.6. The maximum absolute atomic E-state index is 13.8. The Morgan fingerprint density at radius 2 is 1.53 bits per heavy atom. The molecule has 0 radical (unpaired) electrons. The molecule has 1 aromatic rings. The van der Waals surface area contributed by atoms with Gasteiger partial charge in [0, 0.05) is 18.0 Å². The number of para-hydroxylation sites is 2. The molecular formula is C26H40N4O4. The van der Waals surface area contributed by atoms with E-state index in [-0.39, 0.29) is 11.9 Å². The van der Waals surface area contributed by atoms with Gasteiger partial charge in [-0.3, -0.25) is 15.0 Å². The molecule has 34 heavy (non-hydrogen) atoms. The van der Waals surface area contributed by atoms with E-state index in [1.807, 2.05) is 24.3 Å². The molecule has 1 atom stereocenters. The topological polar surface area (TPSA) is 91.0 Å². The van der Waals surface area contributed by atoms with Crippen LogP contribution >= 0.6 is 0 Å². The molecule has 1 saturated carbocycles. The minimum absolute atomic E-state index is 0.248. The lowest BCUT2D eigenvalue weighted by molar-refractivity contribution is -0.131. The van der Waals surface area contributed by atoms with Crippen molar-refractivity contribution in [3.05, 3.63) is 24.3 Å². The zero-order valence-corrected chi connectivity index (χ0v) is 21.4. The number of nitrogens with one attached hydrogen (secondary N) is 2. The van der Waals surface area contributed by atoms with E-state index in [1.54, 1.807) is 41.5 Å². The summed E-state index contributed by atoms with van der Waals surface area (Å²) in [6.45, 7) is 11.0. The lowest BCUT2D eigenvalue weighted by atomic mass is 9.96. The van der Waals surface area contributed by atoms with Crippen molar-refractivity contribution in [2.45, 2.75) is 97.8 Å². The van der Waals surface area contributed by atoms with Crippen molar-refractivity contribution in [2.75, 3.05) is 16.5 Å². The fraction of sp³-hybridized carbons (Fsp3) is 0.654. The fourth-order valence-electron chi connectivity index (χ4n) is 4.40. The summed E-state index contributed by atoms with van der Waals surface area (Å²) in [6.07, 6.45) is 6.07. The summed E-state index contributed by atoms with van der Waals surface area (Å²) < 4.78 is 5.45. The minimum atomic E-state index is -0.884. The van der Waals surface area contributed by atoms with Gasteiger partial charge in [-0.1, -0.05) is 58.6 Å². The van der Waals surface area contributed by atoms with Crippen molar-refractivity contribution in [3.63, 3.8) is 0 Å². The minimum Gasteiger partial charge on any atom is -0.444 e. The third-order valence-corrected chi connectivity index (χ3v) is 6.18. The number of alkyl carbamates (subject to hydrolysis) is 1. The maximum atomic E-state index is 13.8. The average Bonchev–Trinajstić information content (AvgIpc) is 3.06. The summed E-state index contributed by atoms with van der Waals surface area (Å²) in [7, 11) is 0. The number of carbonyl (C=O) groups excluding carboxylic acids is 3. The zero-order chi connectivity index (χ0) is 25.1. The van der Waals surface area contributed by atoms with E-state index in [0.717, 1.165) is 31.4 Å². The Hall–Kier alpha value is -2.77. The highest BCUT2D eigenvalue weighted by Gasteiger charge is 2.39. The smallest absolute Gasteiger partial charge is 0.408 e. The second-order valence-corrected chi connectivity index (χ2v) is 11.3. The third-order valence-electron chi connectivity index (χ3n) is 6.18. The van der Waals surface area contributed by atoms with E-state index in [2.05, 4.69) is 15.6 Å². The molecule has 0 saturated heterocycles.